The fraction of sp³-hybridized carbons (Fsp3) is 0.783. The lowest BCUT2D eigenvalue weighted by Crippen LogP contribution is -2.29. The van der Waals surface area contributed by atoms with Gasteiger partial charge in [-0.15, -0.1) is 0 Å². The Kier molecular flexibility index (Phi) is 14.4. The van der Waals surface area contributed by atoms with Crippen molar-refractivity contribution < 1.29 is 70.5 Å². The zero-order valence-corrected chi connectivity index (χ0v) is 24.3. The van der Waals surface area contributed by atoms with Crippen molar-refractivity contribution in [1.82, 2.24) is 0 Å². The summed E-state index contributed by atoms with van der Waals surface area (Å²) in [6, 6.07) is 0. The third-order valence-corrected chi connectivity index (χ3v) is 7.97. The number of Topliss-reactive ketones (excluding diaryl/α,β-unsaturated/α-hetero) is 1. The highest BCUT2D eigenvalue weighted by atomic mass is 32.2. The van der Waals surface area contributed by atoms with Crippen LogP contribution in [0.5, 0.6) is 0 Å². The van der Waals surface area contributed by atoms with Crippen LogP contribution >= 0.6 is 0 Å². The zero-order valence-electron chi connectivity index (χ0n) is 22.7. The smallest absolute Gasteiger partial charge is 0.498 e. The Labute approximate surface area is 235 Å². The number of ether oxygens (including phenoxy) is 3. The first-order valence-electron chi connectivity index (χ1n) is 12.5. The number of alkyl halides is 6. The highest BCUT2D eigenvalue weighted by molar-refractivity contribution is 7.88. The molecule has 41 heavy (non-hydrogen) atoms. The average Bonchev–Trinajstić information content (AvgIpc) is 2.88. The maximum Gasteiger partial charge on any atom is 0.534 e. The molecule has 3 aliphatic rings. The summed E-state index contributed by atoms with van der Waals surface area (Å²) in [5, 5.41) is 0. The Balaban J connectivity index is 0.000000320. The summed E-state index contributed by atoms with van der Waals surface area (Å²) in [6.45, 7) is 0. The van der Waals surface area contributed by atoms with E-state index in [1.807, 2.05) is 0 Å². The summed E-state index contributed by atoms with van der Waals surface area (Å²) in [4.78, 5) is 10.9. The van der Waals surface area contributed by atoms with E-state index in [1.165, 1.54) is 20.3 Å². The van der Waals surface area contributed by atoms with E-state index in [2.05, 4.69) is 8.37 Å². The Morgan fingerprint density at radius 2 is 1.17 bits per heavy atom. The molecular weight excluding hydrogens is 614 g/mol. The van der Waals surface area contributed by atoms with Gasteiger partial charge in [-0.25, -0.2) is 0 Å². The standard InChI is InChI=1S/2C8H11F3O4S.C7H12O2/c2*1-14-6-4-2-3-5-7(6)15-16(12,13)8(9,10)11;1-9-7-5-3-2-4-6(7)8/h2-5H2,1H3;5-6H,2-4H2,1H3;7H,2-5H2,1H3. The number of rotatable bonds is 7. The highest BCUT2D eigenvalue weighted by Crippen LogP contribution is 2.33. The molecule has 240 valence electrons. The van der Waals surface area contributed by atoms with E-state index >= 15 is 0 Å². The van der Waals surface area contributed by atoms with Crippen LogP contribution in [0.1, 0.15) is 70.6 Å². The molecule has 0 aromatic heterocycles. The van der Waals surface area contributed by atoms with E-state index in [-0.39, 0.29) is 35.6 Å². The van der Waals surface area contributed by atoms with Crippen LogP contribution in [-0.2, 0) is 47.6 Å². The van der Waals surface area contributed by atoms with Crippen LogP contribution in [0.25, 0.3) is 0 Å². The number of allylic oxidation sites excluding steroid dienone is 3. The van der Waals surface area contributed by atoms with Crippen molar-refractivity contribution in [2.24, 2.45) is 0 Å². The minimum atomic E-state index is -5.59. The lowest BCUT2D eigenvalue weighted by atomic mass is 9.96. The number of carbonyl (C=O) groups excluding carboxylic acids is 1. The van der Waals surface area contributed by atoms with Gasteiger partial charge in [0.1, 0.15) is 23.7 Å². The topological polar surface area (TPSA) is 132 Å². The van der Waals surface area contributed by atoms with Crippen molar-refractivity contribution in [1.29, 1.82) is 0 Å². The molecule has 0 aromatic rings. The maximum absolute atomic E-state index is 12.0. The summed E-state index contributed by atoms with van der Waals surface area (Å²) < 4.78 is 138. The molecule has 0 heterocycles. The summed E-state index contributed by atoms with van der Waals surface area (Å²) in [5.74, 6) is -0.0834. The quantitative estimate of drug-likeness (QED) is 0.202. The van der Waals surface area contributed by atoms with Crippen LogP contribution in [-0.4, -0.2) is 67.2 Å². The molecule has 3 aliphatic carbocycles. The predicted molar refractivity (Wildman–Crippen MR) is 132 cm³/mol. The number of hydrogen-bond acceptors (Lipinski definition) is 10. The molecule has 0 bridgehead atoms. The molecule has 1 saturated carbocycles. The van der Waals surface area contributed by atoms with Gasteiger partial charge in [-0.05, 0) is 57.4 Å². The van der Waals surface area contributed by atoms with Crippen LogP contribution in [0.15, 0.2) is 23.4 Å². The van der Waals surface area contributed by atoms with E-state index in [4.69, 9.17) is 14.2 Å². The molecule has 0 aliphatic heterocycles. The summed E-state index contributed by atoms with van der Waals surface area (Å²) in [7, 11) is -7.01. The van der Waals surface area contributed by atoms with Gasteiger partial charge in [0.15, 0.2) is 11.5 Å². The van der Waals surface area contributed by atoms with Gasteiger partial charge < -0.3 is 22.6 Å². The maximum atomic E-state index is 12.0. The number of methoxy groups -OCH3 is 3. The van der Waals surface area contributed by atoms with Gasteiger partial charge in [0.2, 0.25) is 0 Å². The molecule has 0 saturated heterocycles. The predicted octanol–water partition coefficient (Wildman–Crippen LogP) is 5.36. The Bertz CT molecular complexity index is 1130. The SMILES string of the molecule is COC1=C(OS(=O)(=O)C(F)(F)F)CCCC1.COC1CCCC=C1OS(=O)(=O)C(F)(F)F.COC1CCCCC1=O. The minimum Gasteiger partial charge on any atom is -0.498 e. The fourth-order valence-corrected chi connectivity index (χ4v) is 4.91. The van der Waals surface area contributed by atoms with Gasteiger partial charge in [0.25, 0.3) is 0 Å². The second-order valence-electron chi connectivity index (χ2n) is 8.92. The molecule has 3 rings (SSSR count). The van der Waals surface area contributed by atoms with Crippen LogP contribution in [0.2, 0.25) is 0 Å². The largest absolute Gasteiger partial charge is 0.534 e. The van der Waals surface area contributed by atoms with Crippen molar-refractivity contribution in [2.45, 2.75) is 93.9 Å². The number of halogens is 6. The van der Waals surface area contributed by atoms with Gasteiger partial charge in [-0.2, -0.15) is 43.2 Å². The number of carbonyl (C=O) groups is 1. The minimum absolute atomic E-state index is 0.0845. The first-order valence-corrected chi connectivity index (χ1v) is 15.3. The van der Waals surface area contributed by atoms with Crippen molar-refractivity contribution in [2.75, 3.05) is 21.3 Å². The molecule has 0 spiro atoms. The molecule has 1 fully saturated rings. The van der Waals surface area contributed by atoms with Gasteiger partial charge in [-0.3, -0.25) is 4.79 Å². The average molecular weight is 649 g/mol. The Morgan fingerprint density at radius 3 is 1.63 bits per heavy atom. The van der Waals surface area contributed by atoms with Gasteiger partial charge in [0, 0.05) is 33.5 Å². The molecule has 0 radical (unpaired) electrons. The summed E-state index contributed by atoms with van der Waals surface area (Å²) >= 11 is 0. The second kappa shape index (κ2) is 16.0. The summed E-state index contributed by atoms with van der Waals surface area (Å²) in [5.41, 5.74) is -10.8. The fourth-order valence-electron chi connectivity index (χ4n) is 3.85. The number of ketones is 1. The second-order valence-corrected chi connectivity index (χ2v) is 12.0. The van der Waals surface area contributed by atoms with Gasteiger partial charge >= 0.3 is 31.3 Å². The third kappa shape index (κ3) is 11.6. The van der Waals surface area contributed by atoms with Crippen molar-refractivity contribution in [3.05, 3.63) is 23.4 Å². The highest BCUT2D eigenvalue weighted by Gasteiger charge is 2.50. The molecule has 10 nitrogen and oxygen atoms in total. The lowest BCUT2D eigenvalue weighted by Gasteiger charge is -2.22. The Morgan fingerprint density at radius 1 is 0.683 bits per heavy atom. The van der Waals surface area contributed by atoms with Crippen molar-refractivity contribution in [3.8, 4) is 0 Å². The number of hydrogen-bond donors (Lipinski definition) is 0. The van der Waals surface area contributed by atoms with Crippen LogP contribution < -0.4 is 0 Å². The van der Waals surface area contributed by atoms with Crippen LogP contribution in [0.4, 0.5) is 26.3 Å². The van der Waals surface area contributed by atoms with E-state index in [0.717, 1.165) is 38.5 Å². The molecule has 2 atom stereocenters. The monoisotopic (exact) mass is 648 g/mol. The Hall–Kier alpha value is -2.05. The summed E-state index contributed by atoms with van der Waals surface area (Å²) in [6.07, 6.45) is 7.81. The molecule has 18 heteroatoms. The third-order valence-electron chi connectivity index (χ3n) is 6.00. The molecular formula is C23H34F6O10S2. The molecule has 0 amide bonds. The normalized spacial score (nSPS) is 22.4. The van der Waals surface area contributed by atoms with Crippen molar-refractivity contribution >= 4 is 26.0 Å². The molecule has 2 unspecified atom stereocenters. The molecule has 0 N–H and O–H groups in total. The van der Waals surface area contributed by atoms with E-state index < -0.39 is 37.4 Å². The van der Waals surface area contributed by atoms with Gasteiger partial charge in [0.05, 0.1) is 7.11 Å². The molecule has 0 aromatic carbocycles. The lowest BCUT2D eigenvalue weighted by molar-refractivity contribution is -0.131. The van der Waals surface area contributed by atoms with E-state index in [0.29, 0.717) is 25.7 Å². The van der Waals surface area contributed by atoms with Gasteiger partial charge in [-0.1, -0.05) is 0 Å². The van der Waals surface area contributed by atoms with E-state index in [9.17, 15) is 48.0 Å². The van der Waals surface area contributed by atoms with Crippen LogP contribution in [0.3, 0.4) is 0 Å². The van der Waals surface area contributed by atoms with Crippen molar-refractivity contribution in [3.63, 3.8) is 0 Å². The first-order chi connectivity index (χ1) is 18.9. The van der Waals surface area contributed by atoms with Crippen LogP contribution in [0, 0.1) is 0 Å². The first kappa shape index (κ1) is 37.0. The zero-order chi connectivity index (χ0) is 31.5. The van der Waals surface area contributed by atoms with E-state index in [1.54, 1.807) is 7.11 Å².